The molecule has 2 rings (SSSR count). The lowest BCUT2D eigenvalue weighted by Crippen LogP contribution is -2.50. The number of carbonyl (C=O) groups is 2. The predicted molar refractivity (Wildman–Crippen MR) is 117 cm³/mol. The van der Waals surface area contributed by atoms with Gasteiger partial charge in [-0.05, 0) is 57.2 Å². The molecule has 0 saturated carbocycles. The van der Waals surface area contributed by atoms with Crippen molar-refractivity contribution in [1.29, 1.82) is 0 Å². The summed E-state index contributed by atoms with van der Waals surface area (Å²) < 4.78 is 5.57. The molecule has 29 heavy (non-hydrogen) atoms. The van der Waals surface area contributed by atoms with Gasteiger partial charge in [-0.1, -0.05) is 40.9 Å². The third kappa shape index (κ3) is 6.81. The minimum Gasteiger partial charge on any atom is -0.484 e. The first-order valence-electron chi connectivity index (χ1n) is 9.10. The van der Waals surface area contributed by atoms with E-state index < -0.39 is 6.04 Å². The van der Waals surface area contributed by atoms with Crippen LogP contribution in [0.3, 0.4) is 0 Å². The number of halogens is 3. The molecule has 0 heterocycles. The van der Waals surface area contributed by atoms with E-state index in [2.05, 4.69) is 5.32 Å². The van der Waals surface area contributed by atoms with Crippen molar-refractivity contribution < 1.29 is 14.3 Å². The summed E-state index contributed by atoms with van der Waals surface area (Å²) in [6, 6.07) is 11.0. The molecule has 1 atom stereocenters. The standard InChI is InChI=1S/C21H23Cl3N2O3/c1-13(2)25-21(28)14(3)26(11-17-18(23)5-4-6-19(17)24)20(27)12-29-16-9-7-15(22)8-10-16/h4-10,13-14H,11-12H2,1-3H3,(H,25,28). The van der Waals surface area contributed by atoms with Crippen LogP contribution in [0.25, 0.3) is 0 Å². The monoisotopic (exact) mass is 456 g/mol. The van der Waals surface area contributed by atoms with E-state index in [1.807, 2.05) is 13.8 Å². The van der Waals surface area contributed by atoms with Crippen LogP contribution in [0.4, 0.5) is 0 Å². The Balaban J connectivity index is 2.21. The highest BCUT2D eigenvalue weighted by atomic mass is 35.5. The van der Waals surface area contributed by atoms with Crippen LogP contribution in [0.15, 0.2) is 42.5 Å². The Bertz CT molecular complexity index is 836. The van der Waals surface area contributed by atoms with E-state index in [0.29, 0.717) is 26.4 Å². The van der Waals surface area contributed by atoms with Gasteiger partial charge in [-0.15, -0.1) is 0 Å². The minimum absolute atomic E-state index is 0.0591. The zero-order chi connectivity index (χ0) is 21.6. The maximum atomic E-state index is 13.0. The van der Waals surface area contributed by atoms with Crippen LogP contribution >= 0.6 is 34.8 Å². The van der Waals surface area contributed by atoms with Gasteiger partial charge in [0.1, 0.15) is 11.8 Å². The van der Waals surface area contributed by atoms with Gasteiger partial charge >= 0.3 is 0 Å². The first-order chi connectivity index (χ1) is 13.7. The highest BCUT2D eigenvalue weighted by Crippen LogP contribution is 2.26. The number of benzene rings is 2. The molecule has 8 heteroatoms. The Morgan fingerprint density at radius 3 is 2.14 bits per heavy atom. The van der Waals surface area contributed by atoms with E-state index in [9.17, 15) is 9.59 Å². The largest absolute Gasteiger partial charge is 0.484 e. The van der Waals surface area contributed by atoms with Crippen molar-refractivity contribution in [2.75, 3.05) is 6.61 Å². The molecule has 0 aromatic heterocycles. The van der Waals surface area contributed by atoms with Gasteiger partial charge in [-0.2, -0.15) is 0 Å². The van der Waals surface area contributed by atoms with E-state index in [1.165, 1.54) is 4.90 Å². The second-order valence-electron chi connectivity index (χ2n) is 6.80. The van der Waals surface area contributed by atoms with Gasteiger partial charge < -0.3 is 15.0 Å². The Kier molecular flexibility index (Phi) is 8.62. The van der Waals surface area contributed by atoms with E-state index in [0.717, 1.165) is 0 Å². The van der Waals surface area contributed by atoms with Crippen molar-refractivity contribution >= 4 is 46.6 Å². The molecular weight excluding hydrogens is 435 g/mol. The fourth-order valence-corrected chi connectivity index (χ4v) is 3.24. The topological polar surface area (TPSA) is 58.6 Å². The predicted octanol–water partition coefficient (Wildman–Crippen LogP) is 4.97. The van der Waals surface area contributed by atoms with Gasteiger partial charge in [0, 0.05) is 33.2 Å². The molecular formula is C21H23Cl3N2O3. The lowest BCUT2D eigenvalue weighted by molar-refractivity contribution is -0.142. The maximum Gasteiger partial charge on any atom is 0.261 e. The molecule has 0 aliphatic heterocycles. The first-order valence-corrected chi connectivity index (χ1v) is 10.2. The normalized spacial score (nSPS) is 11.8. The van der Waals surface area contributed by atoms with Gasteiger partial charge in [0.25, 0.3) is 5.91 Å². The number of ether oxygens (including phenoxy) is 1. The zero-order valence-corrected chi connectivity index (χ0v) is 18.7. The van der Waals surface area contributed by atoms with Crippen molar-refractivity contribution in [3.8, 4) is 5.75 Å². The van der Waals surface area contributed by atoms with Gasteiger partial charge in [0.2, 0.25) is 5.91 Å². The summed E-state index contributed by atoms with van der Waals surface area (Å²) in [5.74, 6) is -0.150. The summed E-state index contributed by atoms with van der Waals surface area (Å²) >= 11 is 18.4. The fourth-order valence-electron chi connectivity index (χ4n) is 2.60. The lowest BCUT2D eigenvalue weighted by atomic mass is 10.1. The number of nitrogens with one attached hydrogen (secondary N) is 1. The van der Waals surface area contributed by atoms with Crippen LogP contribution in [0.5, 0.6) is 5.75 Å². The van der Waals surface area contributed by atoms with Crippen LogP contribution in [0, 0.1) is 0 Å². The zero-order valence-electron chi connectivity index (χ0n) is 16.4. The molecule has 2 aromatic carbocycles. The molecule has 1 N–H and O–H groups in total. The second-order valence-corrected chi connectivity index (χ2v) is 8.05. The molecule has 0 spiro atoms. The van der Waals surface area contributed by atoms with Gasteiger partial charge in [-0.25, -0.2) is 0 Å². The number of hydrogen-bond donors (Lipinski definition) is 1. The highest BCUT2D eigenvalue weighted by molar-refractivity contribution is 6.36. The van der Waals surface area contributed by atoms with Crippen molar-refractivity contribution in [1.82, 2.24) is 10.2 Å². The van der Waals surface area contributed by atoms with Gasteiger partial charge in [-0.3, -0.25) is 9.59 Å². The molecule has 1 unspecified atom stereocenters. The summed E-state index contributed by atoms with van der Waals surface area (Å²) in [6.07, 6.45) is 0. The SMILES string of the molecule is CC(C)NC(=O)C(C)N(Cc1c(Cl)cccc1Cl)C(=O)COc1ccc(Cl)cc1. The number of hydrogen-bond acceptors (Lipinski definition) is 3. The number of nitrogens with zero attached hydrogens (tertiary/aromatic N) is 1. The Labute approximate surface area is 185 Å². The quantitative estimate of drug-likeness (QED) is 0.609. The van der Waals surface area contributed by atoms with Gasteiger partial charge in [0.15, 0.2) is 6.61 Å². The summed E-state index contributed by atoms with van der Waals surface area (Å²) in [6.45, 7) is 5.19. The molecule has 0 saturated heterocycles. The summed E-state index contributed by atoms with van der Waals surface area (Å²) in [4.78, 5) is 26.9. The Morgan fingerprint density at radius 2 is 1.59 bits per heavy atom. The van der Waals surface area contributed by atoms with Crippen LogP contribution in [-0.4, -0.2) is 35.4 Å². The fraction of sp³-hybridized carbons (Fsp3) is 0.333. The maximum absolute atomic E-state index is 13.0. The molecule has 2 aromatic rings. The van der Waals surface area contributed by atoms with Crippen LogP contribution in [0.2, 0.25) is 15.1 Å². The van der Waals surface area contributed by atoms with Crippen molar-refractivity contribution in [2.24, 2.45) is 0 Å². The average Bonchev–Trinajstić information content (AvgIpc) is 2.66. The molecule has 2 amide bonds. The van der Waals surface area contributed by atoms with E-state index in [-0.39, 0.29) is 31.0 Å². The van der Waals surface area contributed by atoms with Crippen LogP contribution in [0.1, 0.15) is 26.3 Å². The third-order valence-corrected chi connectivity index (χ3v) is 5.12. The molecule has 0 fully saturated rings. The van der Waals surface area contributed by atoms with Gasteiger partial charge in [0.05, 0.1) is 0 Å². The number of rotatable bonds is 8. The molecule has 0 radical (unpaired) electrons. The molecule has 0 aliphatic carbocycles. The molecule has 0 bridgehead atoms. The second kappa shape index (κ2) is 10.7. The third-order valence-electron chi connectivity index (χ3n) is 4.16. The Morgan fingerprint density at radius 1 is 1.00 bits per heavy atom. The average molecular weight is 458 g/mol. The number of carbonyl (C=O) groups excluding carboxylic acids is 2. The first kappa shape index (κ1) is 23.3. The van der Waals surface area contributed by atoms with E-state index in [4.69, 9.17) is 39.5 Å². The molecule has 0 aliphatic rings. The number of amides is 2. The van der Waals surface area contributed by atoms with Crippen LogP contribution < -0.4 is 10.1 Å². The summed E-state index contributed by atoms with van der Waals surface area (Å²) in [5.41, 5.74) is 0.569. The highest BCUT2D eigenvalue weighted by Gasteiger charge is 2.28. The van der Waals surface area contributed by atoms with E-state index in [1.54, 1.807) is 49.4 Å². The smallest absolute Gasteiger partial charge is 0.261 e. The van der Waals surface area contributed by atoms with Crippen molar-refractivity contribution in [2.45, 2.75) is 39.4 Å². The van der Waals surface area contributed by atoms with Crippen molar-refractivity contribution in [3.63, 3.8) is 0 Å². The lowest BCUT2D eigenvalue weighted by Gasteiger charge is -2.30. The van der Waals surface area contributed by atoms with Crippen molar-refractivity contribution in [3.05, 3.63) is 63.1 Å². The van der Waals surface area contributed by atoms with Crippen LogP contribution in [-0.2, 0) is 16.1 Å². The Hall–Kier alpha value is -1.95. The summed E-state index contributed by atoms with van der Waals surface area (Å²) in [5, 5.41) is 4.23. The molecule has 156 valence electrons. The summed E-state index contributed by atoms with van der Waals surface area (Å²) in [7, 11) is 0. The minimum atomic E-state index is -0.744. The van der Waals surface area contributed by atoms with E-state index >= 15 is 0 Å². The molecule has 5 nitrogen and oxygen atoms in total.